The van der Waals surface area contributed by atoms with Crippen molar-refractivity contribution < 1.29 is 18.0 Å². The number of pyridine rings is 1. The molecule has 8 heteroatoms. The smallest absolute Gasteiger partial charge is 0.355 e. The van der Waals surface area contributed by atoms with E-state index in [9.17, 15) is 18.0 Å². The molecule has 168 valence electrons. The first-order valence-corrected chi connectivity index (χ1v) is 10.5. The molecule has 5 nitrogen and oxygen atoms in total. The van der Waals surface area contributed by atoms with Crippen molar-refractivity contribution in [2.24, 2.45) is 0 Å². The van der Waals surface area contributed by atoms with E-state index in [0.717, 1.165) is 30.8 Å². The van der Waals surface area contributed by atoms with Crippen LogP contribution in [0.1, 0.15) is 41.6 Å². The Kier molecular flexibility index (Phi) is 7.20. The maximum Gasteiger partial charge on any atom is 0.417 e. The number of anilines is 1. The third kappa shape index (κ3) is 6.19. The highest BCUT2D eigenvalue weighted by Gasteiger charge is 2.31. The maximum atomic E-state index is 12.7. The van der Waals surface area contributed by atoms with E-state index in [2.05, 4.69) is 41.2 Å². The number of hydrogen-bond acceptors (Lipinski definition) is 4. The first-order valence-electron chi connectivity index (χ1n) is 10.5. The molecule has 0 unspecified atom stereocenters. The molecule has 1 fully saturated rings. The van der Waals surface area contributed by atoms with Crippen molar-refractivity contribution in [1.82, 2.24) is 15.2 Å². The molecule has 0 aliphatic carbocycles. The fourth-order valence-electron chi connectivity index (χ4n) is 3.71. The minimum atomic E-state index is -4.39. The highest BCUT2D eigenvalue weighted by Crippen LogP contribution is 2.29. The van der Waals surface area contributed by atoms with Gasteiger partial charge >= 0.3 is 6.18 Å². The molecule has 1 aromatic heterocycles. The van der Waals surface area contributed by atoms with Crippen LogP contribution in [0, 0.1) is 13.8 Å². The van der Waals surface area contributed by atoms with Crippen molar-refractivity contribution in [3.05, 3.63) is 58.8 Å². The van der Waals surface area contributed by atoms with Crippen LogP contribution in [0.4, 0.5) is 19.0 Å². The zero-order valence-corrected chi connectivity index (χ0v) is 18.2. The quantitative estimate of drug-likeness (QED) is 0.770. The van der Waals surface area contributed by atoms with Crippen LogP contribution in [0.25, 0.3) is 0 Å². The molecule has 1 atom stereocenters. The highest BCUT2D eigenvalue weighted by molar-refractivity contribution is 5.78. The van der Waals surface area contributed by atoms with Crippen LogP contribution in [0.3, 0.4) is 0 Å². The van der Waals surface area contributed by atoms with Gasteiger partial charge in [-0.15, -0.1) is 0 Å². The Morgan fingerprint density at radius 2 is 1.87 bits per heavy atom. The van der Waals surface area contributed by atoms with Crippen LogP contribution >= 0.6 is 0 Å². The molecule has 0 spiro atoms. The second-order valence-corrected chi connectivity index (χ2v) is 8.15. The van der Waals surface area contributed by atoms with Crippen LogP contribution in [0.15, 0.2) is 36.5 Å². The lowest BCUT2D eigenvalue weighted by Gasteiger charge is -2.23. The molecule has 1 amide bonds. The Morgan fingerprint density at radius 3 is 2.52 bits per heavy atom. The highest BCUT2D eigenvalue weighted by atomic mass is 19.4. The van der Waals surface area contributed by atoms with Gasteiger partial charge in [0.2, 0.25) is 5.91 Å². The van der Waals surface area contributed by atoms with Crippen molar-refractivity contribution in [3.63, 3.8) is 0 Å². The second-order valence-electron chi connectivity index (χ2n) is 8.15. The van der Waals surface area contributed by atoms with Gasteiger partial charge < -0.3 is 10.2 Å². The molecule has 0 bridgehead atoms. The summed E-state index contributed by atoms with van der Waals surface area (Å²) in [5, 5.41) is 3.06. The van der Waals surface area contributed by atoms with E-state index in [1.807, 2.05) is 17.9 Å². The number of alkyl halides is 3. The van der Waals surface area contributed by atoms with Crippen LogP contribution in [0.5, 0.6) is 0 Å². The molecular weight excluding hydrogens is 405 g/mol. The summed E-state index contributed by atoms with van der Waals surface area (Å²) in [5.74, 6) is 0.495. The van der Waals surface area contributed by atoms with E-state index < -0.39 is 11.7 Å². The molecule has 2 aromatic rings. The summed E-state index contributed by atoms with van der Waals surface area (Å²) in [6, 6.07) is 8.59. The van der Waals surface area contributed by atoms with Gasteiger partial charge in [0.25, 0.3) is 0 Å². The molecule has 1 N–H and O–H groups in total. The number of rotatable bonds is 5. The molecule has 1 aliphatic rings. The molecule has 1 aliphatic heterocycles. The van der Waals surface area contributed by atoms with Crippen molar-refractivity contribution in [2.75, 3.05) is 37.6 Å². The van der Waals surface area contributed by atoms with Crippen molar-refractivity contribution in [1.29, 1.82) is 0 Å². The lowest BCUT2D eigenvalue weighted by atomic mass is 10.0. The van der Waals surface area contributed by atoms with E-state index in [0.29, 0.717) is 32.0 Å². The zero-order valence-electron chi connectivity index (χ0n) is 18.2. The number of nitrogens with zero attached hydrogens (tertiary/aromatic N) is 3. The Morgan fingerprint density at radius 1 is 1.10 bits per heavy atom. The number of aromatic nitrogens is 1. The van der Waals surface area contributed by atoms with Gasteiger partial charge in [-0.3, -0.25) is 9.69 Å². The largest absolute Gasteiger partial charge is 0.417 e. The standard InChI is InChI=1S/C23H29F3N4O/c1-16-5-6-19(13-17(16)2)18(3)28-22(31)15-29-9-4-10-30(12-11-29)21-8-7-20(14-27-21)23(24,25)26/h5-8,13-14,18H,4,9-12,15H2,1-3H3,(H,28,31)/t18-/m0/s1. The number of carbonyl (C=O) groups excluding carboxylic acids is 1. The van der Waals surface area contributed by atoms with E-state index in [-0.39, 0.29) is 11.9 Å². The molecule has 2 heterocycles. The molecule has 0 radical (unpaired) electrons. The van der Waals surface area contributed by atoms with Gasteiger partial charge in [0.1, 0.15) is 5.82 Å². The van der Waals surface area contributed by atoms with E-state index in [4.69, 9.17) is 0 Å². The van der Waals surface area contributed by atoms with Crippen LogP contribution in [-0.2, 0) is 11.0 Å². The minimum Gasteiger partial charge on any atom is -0.355 e. The predicted octanol–water partition coefficient (Wildman–Crippen LogP) is 4.11. The van der Waals surface area contributed by atoms with Crippen molar-refractivity contribution in [3.8, 4) is 0 Å². The summed E-state index contributed by atoms with van der Waals surface area (Å²) < 4.78 is 38.2. The molecule has 3 rings (SSSR count). The molecule has 0 saturated carbocycles. The minimum absolute atomic E-state index is 0.0353. The summed E-state index contributed by atoms with van der Waals surface area (Å²) >= 11 is 0. The lowest BCUT2D eigenvalue weighted by Crippen LogP contribution is -2.40. The molecule has 1 aromatic carbocycles. The fourth-order valence-corrected chi connectivity index (χ4v) is 3.71. The average molecular weight is 435 g/mol. The SMILES string of the molecule is Cc1ccc([C@H](C)NC(=O)CN2CCCN(c3ccc(C(F)(F)F)cn3)CC2)cc1C. The first kappa shape index (κ1) is 23.1. The third-order valence-corrected chi connectivity index (χ3v) is 5.76. The number of carbonyl (C=O) groups is 1. The van der Waals surface area contributed by atoms with Gasteiger partial charge in [-0.05, 0) is 56.0 Å². The summed E-state index contributed by atoms with van der Waals surface area (Å²) in [5.41, 5.74) is 2.75. The summed E-state index contributed by atoms with van der Waals surface area (Å²) in [7, 11) is 0. The average Bonchev–Trinajstić information content (AvgIpc) is 2.95. The van der Waals surface area contributed by atoms with E-state index in [1.54, 1.807) is 0 Å². The van der Waals surface area contributed by atoms with Gasteiger partial charge in [-0.2, -0.15) is 13.2 Å². The van der Waals surface area contributed by atoms with Gasteiger partial charge in [-0.25, -0.2) is 4.98 Å². The second kappa shape index (κ2) is 9.68. The Bertz CT molecular complexity index is 899. The van der Waals surface area contributed by atoms with Gasteiger partial charge in [0.15, 0.2) is 0 Å². The number of hydrogen-bond donors (Lipinski definition) is 1. The topological polar surface area (TPSA) is 48.5 Å². The monoisotopic (exact) mass is 434 g/mol. The van der Waals surface area contributed by atoms with Crippen molar-refractivity contribution >= 4 is 11.7 Å². The zero-order chi connectivity index (χ0) is 22.6. The molecule has 1 saturated heterocycles. The van der Waals surface area contributed by atoms with Gasteiger partial charge in [-0.1, -0.05) is 18.2 Å². The Hall–Kier alpha value is -2.61. The number of aryl methyl sites for hydroxylation is 2. The van der Waals surface area contributed by atoms with Gasteiger partial charge in [0, 0.05) is 32.4 Å². The van der Waals surface area contributed by atoms with Crippen LogP contribution < -0.4 is 10.2 Å². The summed E-state index contributed by atoms with van der Waals surface area (Å²) in [6.45, 7) is 9.09. The molecule has 31 heavy (non-hydrogen) atoms. The summed E-state index contributed by atoms with van der Waals surface area (Å²) in [4.78, 5) is 20.6. The van der Waals surface area contributed by atoms with E-state index >= 15 is 0 Å². The number of amides is 1. The third-order valence-electron chi connectivity index (χ3n) is 5.76. The van der Waals surface area contributed by atoms with Crippen LogP contribution in [0.2, 0.25) is 0 Å². The number of halogens is 3. The fraction of sp³-hybridized carbons (Fsp3) is 0.478. The normalized spacial score (nSPS) is 16.6. The predicted molar refractivity (Wildman–Crippen MR) is 115 cm³/mol. The van der Waals surface area contributed by atoms with Crippen molar-refractivity contribution in [2.45, 2.75) is 39.4 Å². The Balaban J connectivity index is 1.52. The lowest BCUT2D eigenvalue weighted by molar-refractivity contribution is -0.137. The number of benzene rings is 1. The van der Waals surface area contributed by atoms with Crippen LogP contribution in [-0.4, -0.2) is 48.5 Å². The maximum absolute atomic E-state index is 12.7. The van der Waals surface area contributed by atoms with E-state index in [1.165, 1.54) is 17.2 Å². The number of nitrogens with one attached hydrogen (secondary N) is 1. The Labute approximate surface area is 181 Å². The van der Waals surface area contributed by atoms with Gasteiger partial charge in [0.05, 0.1) is 18.2 Å². The molecular formula is C23H29F3N4O. The summed E-state index contributed by atoms with van der Waals surface area (Å²) in [6.07, 6.45) is -2.70. The first-order chi connectivity index (χ1) is 14.6.